The maximum Gasteiger partial charge on any atom is 0.243 e. The Hall–Kier alpha value is -1.72. The maximum absolute atomic E-state index is 9.48. The predicted octanol–water partition coefficient (Wildman–Crippen LogP) is 1.36. The van der Waals surface area contributed by atoms with Gasteiger partial charge in [-0.3, -0.25) is 0 Å². The van der Waals surface area contributed by atoms with Crippen LogP contribution in [-0.4, -0.2) is 27.9 Å². The predicted molar refractivity (Wildman–Crippen MR) is 69.7 cm³/mol. The van der Waals surface area contributed by atoms with E-state index in [1.165, 1.54) is 11.1 Å². The Morgan fingerprint density at radius 2 is 2.37 bits per heavy atom. The number of hydrogen-bond donors (Lipinski definition) is 2. The highest BCUT2D eigenvalue weighted by Crippen LogP contribution is 2.22. The molecule has 2 heterocycles. The second-order valence-electron chi connectivity index (χ2n) is 5.07. The summed E-state index contributed by atoms with van der Waals surface area (Å²) in [4.78, 5) is 4.40. The highest BCUT2D eigenvalue weighted by molar-refractivity contribution is 5.24. The number of hydrogen-bond acceptors (Lipinski definition) is 5. The van der Waals surface area contributed by atoms with Crippen LogP contribution in [0.2, 0.25) is 0 Å². The molecular weight excluding hydrogens is 242 g/mol. The van der Waals surface area contributed by atoms with Crippen LogP contribution in [0.25, 0.3) is 0 Å². The molecule has 19 heavy (non-hydrogen) atoms. The number of aromatic nitrogens is 2. The molecular formula is C14H17N3O2. The molecule has 0 aliphatic carbocycles. The highest BCUT2D eigenvalue weighted by Gasteiger charge is 2.27. The first-order valence-corrected chi connectivity index (χ1v) is 6.50. The van der Waals surface area contributed by atoms with Crippen molar-refractivity contribution in [2.45, 2.75) is 31.9 Å². The first kappa shape index (κ1) is 12.3. The van der Waals surface area contributed by atoms with Crippen LogP contribution < -0.4 is 5.32 Å². The quantitative estimate of drug-likeness (QED) is 0.871. The van der Waals surface area contributed by atoms with E-state index in [-0.39, 0.29) is 12.1 Å². The fourth-order valence-electron chi connectivity index (χ4n) is 2.39. The highest BCUT2D eigenvalue weighted by atomic mass is 16.5. The minimum Gasteiger partial charge on any atom is -0.392 e. The van der Waals surface area contributed by atoms with Crippen LogP contribution in [0.1, 0.15) is 35.3 Å². The normalized spacial score (nSPS) is 22.8. The second-order valence-corrected chi connectivity index (χ2v) is 5.07. The van der Waals surface area contributed by atoms with Crippen LogP contribution in [-0.2, 0) is 6.42 Å². The number of aryl methyl sites for hydroxylation is 1. The first-order valence-electron chi connectivity index (χ1n) is 6.50. The van der Waals surface area contributed by atoms with Crippen LogP contribution in [0.4, 0.5) is 0 Å². The minimum absolute atomic E-state index is 0.0197. The third-order valence-electron chi connectivity index (χ3n) is 3.33. The molecule has 100 valence electrons. The molecule has 0 spiro atoms. The fourth-order valence-corrected chi connectivity index (χ4v) is 2.39. The van der Waals surface area contributed by atoms with Gasteiger partial charge in [0.1, 0.15) is 0 Å². The molecule has 0 bridgehead atoms. The van der Waals surface area contributed by atoms with Crippen LogP contribution in [0, 0.1) is 6.92 Å². The van der Waals surface area contributed by atoms with Crippen molar-refractivity contribution in [3.63, 3.8) is 0 Å². The van der Waals surface area contributed by atoms with Gasteiger partial charge >= 0.3 is 0 Å². The van der Waals surface area contributed by atoms with E-state index in [1.807, 2.05) is 6.07 Å². The van der Waals surface area contributed by atoms with E-state index < -0.39 is 0 Å². The number of rotatable bonds is 3. The van der Waals surface area contributed by atoms with Crippen molar-refractivity contribution in [2.24, 2.45) is 0 Å². The van der Waals surface area contributed by atoms with Crippen molar-refractivity contribution in [3.05, 3.63) is 47.1 Å². The molecule has 0 amide bonds. The van der Waals surface area contributed by atoms with Gasteiger partial charge in [-0.15, -0.1) is 0 Å². The van der Waals surface area contributed by atoms with E-state index in [2.05, 4.69) is 40.6 Å². The van der Waals surface area contributed by atoms with E-state index in [0.717, 1.165) is 0 Å². The molecule has 5 heteroatoms. The van der Waals surface area contributed by atoms with Crippen molar-refractivity contribution in [3.8, 4) is 0 Å². The largest absolute Gasteiger partial charge is 0.392 e. The first-order chi connectivity index (χ1) is 9.20. The molecule has 1 aliphatic heterocycles. The second kappa shape index (κ2) is 5.11. The zero-order valence-corrected chi connectivity index (χ0v) is 10.8. The summed E-state index contributed by atoms with van der Waals surface area (Å²) in [5.41, 5.74) is 2.40. The molecule has 0 radical (unpaired) electrons. The standard InChI is InChI=1S/C14H17N3O2/c1-9-3-2-4-10(5-9)6-13-16-14(19-17-13)12-7-11(18)8-15-12/h2-5,11-12,15,18H,6-8H2,1H3/t11-,12+/m1/s1. The van der Waals surface area contributed by atoms with Crippen LogP contribution in [0.5, 0.6) is 0 Å². The smallest absolute Gasteiger partial charge is 0.243 e. The molecule has 0 saturated carbocycles. The molecule has 1 aromatic carbocycles. The number of aliphatic hydroxyl groups excluding tert-OH is 1. The van der Waals surface area contributed by atoms with Gasteiger partial charge in [-0.1, -0.05) is 35.0 Å². The van der Waals surface area contributed by atoms with Gasteiger partial charge in [-0.2, -0.15) is 4.98 Å². The van der Waals surface area contributed by atoms with Crippen molar-refractivity contribution in [2.75, 3.05) is 6.54 Å². The third-order valence-corrected chi connectivity index (χ3v) is 3.33. The Labute approximate surface area is 111 Å². The summed E-state index contributed by atoms with van der Waals surface area (Å²) in [7, 11) is 0. The molecule has 2 atom stereocenters. The Morgan fingerprint density at radius 1 is 1.47 bits per heavy atom. The number of β-amino-alcohol motifs (C(OH)–C–C–N with tert-alkyl or cyclic N) is 1. The Bertz CT molecular complexity index is 567. The fraction of sp³-hybridized carbons (Fsp3) is 0.429. The zero-order chi connectivity index (χ0) is 13.2. The number of nitrogens with one attached hydrogen (secondary N) is 1. The number of aliphatic hydroxyl groups is 1. The average Bonchev–Trinajstić information content (AvgIpc) is 2.98. The molecule has 3 rings (SSSR count). The lowest BCUT2D eigenvalue weighted by molar-refractivity contribution is 0.191. The summed E-state index contributed by atoms with van der Waals surface area (Å²) >= 11 is 0. The van der Waals surface area contributed by atoms with Crippen molar-refractivity contribution >= 4 is 0 Å². The van der Waals surface area contributed by atoms with Crippen molar-refractivity contribution in [1.82, 2.24) is 15.5 Å². The van der Waals surface area contributed by atoms with Gasteiger partial charge < -0.3 is 14.9 Å². The SMILES string of the molecule is Cc1cccc(Cc2noc([C@@H]3C[C@@H](O)CN3)n2)c1. The van der Waals surface area contributed by atoms with Crippen molar-refractivity contribution in [1.29, 1.82) is 0 Å². The number of nitrogens with zero attached hydrogens (tertiary/aromatic N) is 2. The van der Waals surface area contributed by atoms with E-state index in [9.17, 15) is 5.11 Å². The van der Waals surface area contributed by atoms with E-state index in [1.54, 1.807) is 0 Å². The summed E-state index contributed by atoms with van der Waals surface area (Å²) in [6.45, 7) is 2.65. The maximum atomic E-state index is 9.48. The summed E-state index contributed by atoms with van der Waals surface area (Å²) in [5, 5.41) is 16.6. The summed E-state index contributed by atoms with van der Waals surface area (Å²) in [6, 6.07) is 8.25. The summed E-state index contributed by atoms with van der Waals surface area (Å²) in [6.07, 6.45) is 0.976. The van der Waals surface area contributed by atoms with Crippen molar-refractivity contribution < 1.29 is 9.63 Å². The summed E-state index contributed by atoms with van der Waals surface area (Å²) < 4.78 is 5.26. The Morgan fingerprint density at radius 3 is 3.11 bits per heavy atom. The van der Waals surface area contributed by atoms with Crippen LogP contribution in [0.3, 0.4) is 0 Å². The van der Waals surface area contributed by atoms with E-state index in [4.69, 9.17) is 4.52 Å². The lowest BCUT2D eigenvalue weighted by Gasteiger charge is -2.01. The van der Waals surface area contributed by atoms with Crippen LogP contribution >= 0.6 is 0 Å². The van der Waals surface area contributed by atoms with E-state index >= 15 is 0 Å². The topological polar surface area (TPSA) is 71.2 Å². The molecule has 1 aliphatic rings. The van der Waals surface area contributed by atoms with Gasteiger partial charge in [0, 0.05) is 13.0 Å². The van der Waals surface area contributed by atoms with Gasteiger partial charge in [0.15, 0.2) is 5.82 Å². The minimum atomic E-state index is -0.322. The zero-order valence-electron chi connectivity index (χ0n) is 10.8. The molecule has 2 N–H and O–H groups in total. The van der Waals surface area contributed by atoms with Gasteiger partial charge in [0.2, 0.25) is 5.89 Å². The van der Waals surface area contributed by atoms with Gasteiger partial charge in [0.25, 0.3) is 0 Å². The third kappa shape index (κ3) is 2.83. The molecule has 0 unspecified atom stereocenters. The van der Waals surface area contributed by atoms with Crippen LogP contribution in [0.15, 0.2) is 28.8 Å². The molecule has 1 saturated heterocycles. The number of benzene rings is 1. The van der Waals surface area contributed by atoms with Gasteiger partial charge in [0.05, 0.1) is 12.1 Å². The Kier molecular flexibility index (Phi) is 3.31. The molecule has 1 fully saturated rings. The lowest BCUT2D eigenvalue weighted by atomic mass is 10.1. The molecule has 1 aromatic heterocycles. The average molecular weight is 259 g/mol. The summed E-state index contributed by atoms with van der Waals surface area (Å²) in [5.74, 6) is 1.25. The molecule has 5 nitrogen and oxygen atoms in total. The Balaban J connectivity index is 1.71. The molecule has 2 aromatic rings. The van der Waals surface area contributed by atoms with Gasteiger partial charge in [-0.25, -0.2) is 0 Å². The van der Waals surface area contributed by atoms with Gasteiger partial charge in [-0.05, 0) is 18.9 Å². The monoisotopic (exact) mass is 259 g/mol. The lowest BCUT2D eigenvalue weighted by Crippen LogP contribution is -2.15. The van der Waals surface area contributed by atoms with E-state index in [0.29, 0.717) is 31.1 Å².